The topological polar surface area (TPSA) is 70.2 Å². The molecule has 6 nitrogen and oxygen atoms in total. The van der Waals surface area contributed by atoms with Crippen LogP contribution in [-0.4, -0.2) is 22.5 Å². The Bertz CT molecular complexity index is 1000. The molecule has 1 aromatic heterocycles. The first-order valence-corrected chi connectivity index (χ1v) is 9.37. The fraction of sp³-hybridized carbons (Fsp3) is 0.227. The van der Waals surface area contributed by atoms with Gasteiger partial charge in [0.05, 0.1) is 11.9 Å². The molecule has 0 atom stereocenters. The molecule has 0 unspecified atom stereocenters. The quantitative estimate of drug-likeness (QED) is 0.718. The van der Waals surface area contributed by atoms with Gasteiger partial charge in [-0.3, -0.25) is 4.98 Å². The van der Waals surface area contributed by atoms with E-state index in [-0.39, 0.29) is 6.03 Å². The van der Waals surface area contributed by atoms with E-state index in [9.17, 15) is 4.79 Å². The smallest absolute Gasteiger partial charge is 0.323 e. The molecule has 2 amide bonds. The Kier molecular flexibility index (Phi) is 4.93. The standard InChI is InChI=1S/C22H23N5O/c1-15-6-8-18(9-7-15)25-22(28)26-20-5-3-4-17-14-27(11-10-19(17)20)21-13-23-12-16(2)24-21/h3-9,12-13H,10-11,14H2,1-2H3,(H2,25,26,28). The number of hydrogen-bond donors (Lipinski definition) is 2. The van der Waals surface area contributed by atoms with Crippen LogP contribution in [0.1, 0.15) is 22.4 Å². The van der Waals surface area contributed by atoms with Gasteiger partial charge in [-0.25, -0.2) is 9.78 Å². The molecular formula is C22H23N5O. The number of nitrogens with one attached hydrogen (secondary N) is 2. The summed E-state index contributed by atoms with van der Waals surface area (Å²) >= 11 is 0. The van der Waals surface area contributed by atoms with E-state index in [1.54, 1.807) is 12.4 Å². The minimum absolute atomic E-state index is 0.232. The highest BCUT2D eigenvalue weighted by Crippen LogP contribution is 2.28. The number of carbonyl (C=O) groups excluding carboxylic acids is 1. The highest BCUT2D eigenvalue weighted by atomic mass is 16.2. The summed E-state index contributed by atoms with van der Waals surface area (Å²) in [5, 5.41) is 5.89. The van der Waals surface area contributed by atoms with E-state index in [1.807, 2.05) is 50.2 Å². The Morgan fingerprint density at radius 1 is 1.04 bits per heavy atom. The van der Waals surface area contributed by atoms with Gasteiger partial charge < -0.3 is 15.5 Å². The Hall–Kier alpha value is -3.41. The number of hydrogen-bond acceptors (Lipinski definition) is 4. The van der Waals surface area contributed by atoms with Crippen LogP contribution in [0.4, 0.5) is 22.0 Å². The van der Waals surface area contributed by atoms with Crippen molar-refractivity contribution in [1.82, 2.24) is 9.97 Å². The van der Waals surface area contributed by atoms with Crippen molar-refractivity contribution in [3.8, 4) is 0 Å². The second-order valence-corrected chi connectivity index (χ2v) is 7.08. The Morgan fingerprint density at radius 3 is 2.64 bits per heavy atom. The van der Waals surface area contributed by atoms with E-state index in [0.29, 0.717) is 0 Å². The fourth-order valence-corrected chi connectivity index (χ4v) is 3.45. The number of carbonyl (C=O) groups is 1. The Morgan fingerprint density at radius 2 is 1.86 bits per heavy atom. The molecule has 1 aliphatic rings. The largest absolute Gasteiger partial charge is 0.351 e. The third-order valence-electron chi connectivity index (χ3n) is 4.89. The van der Waals surface area contributed by atoms with Gasteiger partial charge in [0, 0.05) is 30.7 Å². The molecule has 0 saturated heterocycles. The monoisotopic (exact) mass is 373 g/mol. The van der Waals surface area contributed by atoms with E-state index in [0.717, 1.165) is 48.0 Å². The second-order valence-electron chi connectivity index (χ2n) is 7.08. The van der Waals surface area contributed by atoms with Gasteiger partial charge in [-0.1, -0.05) is 29.8 Å². The van der Waals surface area contributed by atoms with Gasteiger partial charge in [0.15, 0.2) is 0 Å². The summed E-state index contributed by atoms with van der Waals surface area (Å²) < 4.78 is 0. The zero-order chi connectivity index (χ0) is 19.5. The van der Waals surface area contributed by atoms with Crippen molar-refractivity contribution in [3.63, 3.8) is 0 Å². The van der Waals surface area contributed by atoms with Crippen molar-refractivity contribution in [3.05, 3.63) is 77.2 Å². The predicted molar refractivity (Wildman–Crippen MR) is 112 cm³/mol. The highest BCUT2D eigenvalue weighted by Gasteiger charge is 2.20. The number of fused-ring (bicyclic) bond motifs is 1. The molecule has 0 spiro atoms. The predicted octanol–water partition coefficient (Wildman–Crippen LogP) is 4.30. The number of aryl methyl sites for hydroxylation is 2. The van der Waals surface area contributed by atoms with Crippen molar-refractivity contribution >= 4 is 23.2 Å². The number of aromatic nitrogens is 2. The summed E-state index contributed by atoms with van der Waals surface area (Å²) in [5.41, 5.74) is 6.08. The molecule has 2 aromatic carbocycles. The average Bonchev–Trinajstić information content (AvgIpc) is 2.69. The molecule has 0 bridgehead atoms. The lowest BCUT2D eigenvalue weighted by Crippen LogP contribution is -2.32. The van der Waals surface area contributed by atoms with E-state index >= 15 is 0 Å². The molecule has 0 saturated carbocycles. The molecule has 1 aliphatic heterocycles. The molecule has 4 rings (SSSR count). The van der Waals surface area contributed by atoms with Crippen LogP contribution < -0.4 is 15.5 Å². The molecule has 2 heterocycles. The van der Waals surface area contributed by atoms with E-state index in [4.69, 9.17) is 0 Å². The maximum atomic E-state index is 12.4. The third kappa shape index (κ3) is 3.96. The number of benzene rings is 2. The SMILES string of the molecule is Cc1ccc(NC(=O)Nc2cccc3c2CCN(c2cncc(C)n2)C3)cc1. The molecule has 0 radical (unpaired) electrons. The van der Waals surface area contributed by atoms with Gasteiger partial charge in [-0.2, -0.15) is 0 Å². The third-order valence-corrected chi connectivity index (χ3v) is 4.89. The number of urea groups is 1. The number of amides is 2. The molecule has 28 heavy (non-hydrogen) atoms. The van der Waals surface area contributed by atoms with Crippen LogP contribution in [0.3, 0.4) is 0 Å². The fourth-order valence-electron chi connectivity index (χ4n) is 3.45. The van der Waals surface area contributed by atoms with Gasteiger partial charge >= 0.3 is 6.03 Å². The molecule has 0 aliphatic carbocycles. The summed E-state index contributed by atoms with van der Waals surface area (Å²) in [6.45, 7) is 5.56. The van der Waals surface area contributed by atoms with Crippen molar-refractivity contribution in [2.45, 2.75) is 26.8 Å². The van der Waals surface area contributed by atoms with Gasteiger partial charge in [0.2, 0.25) is 0 Å². The molecular weight excluding hydrogens is 350 g/mol. The van der Waals surface area contributed by atoms with Gasteiger partial charge in [0.25, 0.3) is 0 Å². The lowest BCUT2D eigenvalue weighted by Gasteiger charge is -2.31. The van der Waals surface area contributed by atoms with Crippen molar-refractivity contribution in [2.75, 3.05) is 22.1 Å². The Balaban J connectivity index is 1.48. The molecule has 2 N–H and O–H groups in total. The highest BCUT2D eigenvalue weighted by molar-refractivity contribution is 6.00. The Labute approximate surface area is 164 Å². The first-order valence-electron chi connectivity index (χ1n) is 9.37. The summed E-state index contributed by atoms with van der Waals surface area (Å²) in [4.78, 5) is 23.5. The van der Waals surface area contributed by atoms with Crippen LogP contribution in [0.2, 0.25) is 0 Å². The molecule has 6 heteroatoms. The van der Waals surface area contributed by atoms with Crippen molar-refractivity contribution in [1.29, 1.82) is 0 Å². The lowest BCUT2D eigenvalue weighted by molar-refractivity contribution is 0.262. The van der Waals surface area contributed by atoms with Crippen LogP contribution in [0.5, 0.6) is 0 Å². The van der Waals surface area contributed by atoms with Crippen molar-refractivity contribution < 1.29 is 4.79 Å². The van der Waals surface area contributed by atoms with Crippen LogP contribution in [0, 0.1) is 13.8 Å². The zero-order valence-electron chi connectivity index (χ0n) is 16.1. The number of anilines is 3. The van der Waals surface area contributed by atoms with Crippen LogP contribution in [-0.2, 0) is 13.0 Å². The molecule has 3 aromatic rings. The molecule has 142 valence electrons. The van der Waals surface area contributed by atoms with Crippen molar-refractivity contribution in [2.24, 2.45) is 0 Å². The number of nitrogens with zero attached hydrogens (tertiary/aromatic N) is 3. The second kappa shape index (κ2) is 7.68. The van der Waals surface area contributed by atoms with E-state index in [1.165, 1.54) is 11.1 Å². The molecule has 0 fully saturated rings. The summed E-state index contributed by atoms with van der Waals surface area (Å²) in [6, 6.07) is 13.6. The maximum absolute atomic E-state index is 12.4. The maximum Gasteiger partial charge on any atom is 0.323 e. The first kappa shape index (κ1) is 18.0. The van der Waals surface area contributed by atoms with E-state index < -0.39 is 0 Å². The average molecular weight is 373 g/mol. The normalized spacial score (nSPS) is 13.0. The van der Waals surface area contributed by atoms with Gasteiger partial charge in [-0.15, -0.1) is 0 Å². The van der Waals surface area contributed by atoms with Crippen LogP contribution in [0.15, 0.2) is 54.9 Å². The van der Waals surface area contributed by atoms with Crippen LogP contribution in [0.25, 0.3) is 0 Å². The summed E-state index contributed by atoms with van der Waals surface area (Å²) in [7, 11) is 0. The first-order chi connectivity index (χ1) is 13.6. The van der Waals surface area contributed by atoms with Crippen LogP contribution >= 0.6 is 0 Å². The summed E-state index contributed by atoms with van der Waals surface area (Å²) in [5.74, 6) is 0.890. The zero-order valence-corrected chi connectivity index (χ0v) is 16.1. The van der Waals surface area contributed by atoms with Gasteiger partial charge in [-0.05, 0) is 49.6 Å². The van der Waals surface area contributed by atoms with Gasteiger partial charge in [0.1, 0.15) is 5.82 Å². The minimum atomic E-state index is -0.232. The lowest BCUT2D eigenvalue weighted by atomic mass is 9.98. The van der Waals surface area contributed by atoms with E-state index in [2.05, 4.69) is 31.6 Å². The number of rotatable bonds is 3. The summed E-state index contributed by atoms with van der Waals surface area (Å²) in [6.07, 6.45) is 4.40. The minimum Gasteiger partial charge on any atom is -0.351 e.